The van der Waals surface area contributed by atoms with E-state index < -0.39 is 10.0 Å². The van der Waals surface area contributed by atoms with Gasteiger partial charge in [-0.25, -0.2) is 22.5 Å². The number of hydrogen-bond acceptors (Lipinski definition) is 6. The number of nitrogens with zero attached hydrogens (tertiary/aromatic N) is 1. The number of aryl methyl sites for hydroxylation is 1. The predicted octanol–water partition coefficient (Wildman–Crippen LogP) is 3.38. The number of rotatable bonds is 8. The van der Waals surface area contributed by atoms with E-state index in [2.05, 4.69) is 20.6 Å². The van der Waals surface area contributed by atoms with E-state index in [4.69, 9.17) is 0 Å². The number of thiazole rings is 1. The fraction of sp³-hybridized carbons (Fsp3) is 0.238. The van der Waals surface area contributed by atoms with Crippen molar-refractivity contribution in [3.63, 3.8) is 0 Å². The van der Waals surface area contributed by atoms with Gasteiger partial charge in [-0.3, -0.25) is 15.6 Å². The summed E-state index contributed by atoms with van der Waals surface area (Å²) >= 11 is 1.27. The lowest BCUT2D eigenvalue weighted by atomic mass is 10.1. The van der Waals surface area contributed by atoms with Gasteiger partial charge in [0.05, 0.1) is 21.3 Å². The third kappa shape index (κ3) is 5.46. The van der Waals surface area contributed by atoms with Crippen molar-refractivity contribution in [3.8, 4) is 0 Å². The van der Waals surface area contributed by atoms with E-state index in [0.717, 1.165) is 23.4 Å². The van der Waals surface area contributed by atoms with Crippen LogP contribution in [0.2, 0.25) is 0 Å². The summed E-state index contributed by atoms with van der Waals surface area (Å²) in [5.41, 5.74) is 7.46. The Labute approximate surface area is 183 Å². The highest BCUT2D eigenvalue weighted by molar-refractivity contribution is 7.89. The Kier molecular flexibility index (Phi) is 6.03. The Bertz CT molecular complexity index is 1190. The van der Waals surface area contributed by atoms with Crippen LogP contribution in [0.3, 0.4) is 0 Å². The summed E-state index contributed by atoms with van der Waals surface area (Å²) in [6.07, 6.45) is 2.25. The molecule has 0 aliphatic heterocycles. The minimum absolute atomic E-state index is 0.0395. The van der Waals surface area contributed by atoms with Gasteiger partial charge in [-0.2, -0.15) is 0 Å². The Morgan fingerprint density at radius 3 is 2.45 bits per heavy atom. The third-order valence-corrected chi connectivity index (χ3v) is 7.39. The van der Waals surface area contributed by atoms with Gasteiger partial charge >= 0.3 is 0 Å². The summed E-state index contributed by atoms with van der Waals surface area (Å²) in [6, 6.07) is 12.3. The summed E-state index contributed by atoms with van der Waals surface area (Å²) in [6.45, 7) is 1.76. The van der Waals surface area contributed by atoms with Crippen LogP contribution >= 0.6 is 11.3 Å². The van der Waals surface area contributed by atoms with Crippen molar-refractivity contribution >= 4 is 33.0 Å². The van der Waals surface area contributed by atoms with Gasteiger partial charge in [-0.15, -0.1) is 11.3 Å². The molecule has 3 N–H and O–H groups in total. The van der Waals surface area contributed by atoms with Crippen LogP contribution in [0.25, 0.3) is 0 Å². The van der Waals surface area contributed by atoms with Crippen molar-refractivity contribution in [2.24, 2.45) is 0 Å². The van der Waals surface area contributed by atoms with Crippen molar-refractivity contribution < 1.29 is 17.6 Å². The Hall–Kier alpha value is -2.82. The topological polar surface area (TPSA) is 100 Å². The molecule has 1 fully saturated rings. The standard InChI is InChI=1S/C21H21FN4O3S2/c1-13-20(30-19(23-13)12-14-2-4-15(22)5-3-14)21(27)25-24-16-8-10-18(11-9-16)31(28,29)26-17-6-7-17/h2-5,8-11,17,24,26H,6-7,12H2,1H3,(H,25,27). The maximum Gasteiger partial charge on any atom is 0.281 e. The average molecular weight is 461 g/mol. The largest absolute Gasteiger partial charge is 0.298 e. The SMILES string of the molecule is Cc1nc(Cc2ccc(F)cc2)sc1C(=O)NNc1ccc(S(=O)(=O)NC2CC2)cc1. The van der Waals surface area contributed by atoms with E-state index in [1.54, 1.807) is 31.2 Å². The van der Waals surface area contributed by atoms with Gasteiger partial charge < -0.3 is 0 Å². The first-order valence-electron chi connectivity index (χ1n) is 9.70. The van der Waals surface area contributed by atoms with Gasteiger partial charge in [0, 0.05) is 12.5 Å². The molecule has 7 nitrogen and oxygen atoms in total. The second-order valence-corrected chi connectivity index (χ2v) is 10.1. The molecule has 0 unspecified atom stereocenters. The molecule has 3 aromatic rings. The highest BCUT2D eigenvalue weighted by Gasteiger charge is 2.27. The zero-order valence-corrected chi connectivity index (χ0v) is 18.3. The highest BCUT2D eigenvalue weighted by Crippen LogP contribution is 2.23. The van der Waals surface area contributed by atoms with E-state index in [0.29, 0.717) is 22.7 Å². The first kappa shape index (κ1) is 21.4. The number of carbonyl (C=O) groups is 1. The fourth-order valence-corrected chi connectivity index (χ4v) is 5.21. The number of carbonyl (C=O) groups excluding carboxylic acids is 1. The molecule has 1 saturated carbocycles. The van der Waals surface area contributed by atoms with Crippen LogP contribution in [0.5, 0.6) is 0 Å². The molecule has 0 bridgehead atoms. The lowest BCUT2D eigenvalue weighted by molar-refractivity contribution is 0.0966. The number of aromatic nitrogens is 1. The lowest BCUT2D eigenvalue weighted by Crippen LogP contribution is -2.29. The van der Waals surface area contributed by atoms with Gasteiger partial charge in [0.2, 0.25) is 10.0 Å². The number of amides is 1. The first-order chi connectivity index (χ1) is 14.8. The van der Waals surface area contributed by atoms with Crippen molar-refractivity contribution in [1.29, 1.82) is 0 Å². The Morgan fingerprint density at radius 2 is 1.81 bits per heavy atom. The van der Waals surface area contributed by atoms with E-state index in [-0.39, 0.29) is 22.7 Å². The Balaban J connectivity index is 1.36. The summed E-state index contributed by atoms with van der Waals surface area (Å²) < 4.78 is 40.1. The van der Waals surface area contributed by atoms with Crippen LogP contribution in [0.1, 0.15) is 38.8 Å². The van der Waals surface area contributed by atoms with Crippen LogP contribution in [-0.4, -0.2) is 25.4 Å². The number of sulfonamides is 1. The number of hydrogen-bond donors (Lipinski definition) is 3. The third-order valence-electron chi connectivity index (χ3n) is 4.70. The highest BCUT2D eigenvalue weighted by atomic mass is 32.2. The first-order valence-corrected chi connectivity index (χ1v) is 12.0. The minimum atomic E-state index is -3.51. The molecule has 0 spiro atoms. The molecular formula is C21H21FN4O3S2. The molecule has 2 aromatic carbocycles. The Morgan fingerprint density at radius 1 is 1.13 bits per heavy atom. The zero-order chi connectivity index (χ0) is 22.0. The fourth-order valence-electron chi connectivity index (χ4n) is 2.91. The van der Waals surface area contributed by atoms with Crippen molar-refractivity contribution in [2.75, 3.05) is 5.43 Å². The van der Waals surface area contributed by atoms with Gasteiger partial charge in [-0.05, 0) is 61.7 Å². The quantitative estimate of drug-likeness (QED) is 0.448. The van der Waals surface area contributed by atoms with E-state index >= 15 is 0 Å². The number of halogens is 1. The molecule has 1 aliphatic rings. The predicted molar refractivity (Wildman–Crippen MR) is 117 cm³/mol. The molecule has 0 atom stereocenters. The van der Waals surface area contributed by atoms with Gasteiger partial charge in [0.15, 0.2) is 0 Å². The van der Waals surface area contributed by atoms with Gasteiger partial charge in [0.25, 0.3) is 5.91 Å². The monoisotopic (exact) mass is 460 g/mol. The molecule has 1 amide bonds. The molecule has 31 heavy (non-hydrogen) atoms. The minimum Gasteiger partial charge on any atom is -0.298 e. The second kappa shape index (κ2) is 8.74. The van der Waals surface area contributed by atoms with E-state index in [1.807, 2.05) is 0 Å². The van der Waals surface area contributed by atoms with Crippen LogP contribution in [-0.2, 0) is 16.4 Å². The molecule has 4 rings (SSSR count). The van der Waals surface area contributed by atoms with E-state index in [9.17, 15) is 17.6 Å². The summed E-state index contributed by atoms with van der Waals surface area (Å²) in [7, 11) is -3.51. The van der Waals surface area contributed by atoms with Gasteiger partial charge in [0.1, 0.15) is 10.7 Å². The number of benzene rings is 2. The normalized spacial score (nSPS) is 13.7. The summed E-state index contributed by atoms with van der Waals surface area (Å²) in [5.74, 6) is -0.637. The maximum atomic E-state index is 13.1. The van der Waals surface area contributed by atoms with Crippen molar-refractivity contribution in [3.05, 3.63) is 75.5 Å². The molecule has 0 saturated heterocycles. The maximum absolute atomic E-state index is 13.1. The molecule has 10 heteroatoms. The molecular weight excluding hydrogens is 439 g/mol. The molecule has 0 radical (unpaired) electrons. The van der Waals surface area contributed by atoms with Crippen LogP contribution in [0, 0.1) is 12.7 Å². The van der Waals surface area contributed by atoms with E-state index in [1.165, 1.54) is 35.6 Å². The smallest absolute Gasteiger partial charge is 0.281 e. The molecule has 1 aromatic heterocycles. The molecule has 1 aliphatic carbocycles. The second-order valence-electron chi connectivity index (χ2n) is 7.32. The van der Waals surface area contributed by atoms with Crippen LogP contribution < -0.4 is 15.6 Å². The summed E-state index contributed by atoms with van der Waals surface area (Å²) in [5, 5.41) is 0.756. The lowest BCUT2D eigenvalue weighted by Gasteiger charge is -2.09. The number of hydrazine groups is 1. The van der Waals surface area contributed by atoms with Gasteiger partial charge in [-0.1, -0.05) is 12.1 Å². The molecule has 162 valence electrons. The van der Waals surface area contributed by atoms with Crippen LogP contribution in [0.15, 0.2) is 53.4 Å². The number of nitrogens with one attached hydrogen (secondary N) is 3. The zero-order valence-electron chi connectivity index (χ0n) is 16.7. The number of anilines is 1. The average Bonchev–Trinajstić information content (AvgIpc) is 3.47. The summed E-state index contributed by atoms with van der Waals surface area (Å²) in [4.78, 5) is 17.6. The molecule has 1 heterocycles. The van der Waals surface area contributed by atoms with Crippen LogP contribution in [0.4, 0.5) is 10.1 Å². The van der Waals surface area contributed by atoms with Crippen molar-refractivity contribution in [1.82, 2.24) is 15.1 Å². The van der Waals surface area contributed by atoms with Crippen molar-refractivity contribution in [2.45, 2.75) is 37.1 Å².